The molecule has 0 amide bonds. The summed E-state index contributed by atoms with van der Waals surface area (Å²) in [6.07, 6.45) is 10.2. The van der Waals surface area contributed by atoms with Crippen molar-refractivity contribution in [2.75, 3.05) is 14.2 Å². The van der Waals surface area contributed by atoms with Gasteiger partial charge in [0.05, 0.1) is 12.6 Å². The summed E-state index contributed by atoms with van der Waals surface area (Å²) in [5.41, 5.74) is 7.21. The normalized spacial score (nSPS) is 13.2. The topological polar surface area (TPSA) is 34.2 Å². The largest absolute Gasteiger partial charge is 0.496 e. The standard InChI is InChI=1S/C23H30N2O/c1-7-16(3)19(10-9-17(4)24-5)13-20-11-12-25-22-14-18(8-2)23(26-6)15-21(20)22/h7,9-12,14-15,24H,8,13H2,1-6H3/b16-7+,17-9+,19-10-. The van der Waals surface area contributed by atoms with Crippen molar-refractivity contribution in [1.29, 1.82) is 0 Å². The quantitative estimate of drug-likeness (QED) is 0.682. The Labute approximate surface area is 157 Å². The molecule has 1 aromatic carbocycles. The van der Waals surface area contributed by atoms with E-state index in [1.54, 1.807) is 7.11 Å². The van der Waals surface area contributed by atoms with Crippen LogP contribution in [0.1, 0.15) is 38.8 Å². The number of fused-ring (bicyclic) bond motifs is 1. The monoisotopic (exact) mass is 350 g/mol. The Balaban J connectivity index is 2.54. The SMILES string of the molecule is C/C=C(C)/C(=C\C=C(/C)NC)Cc1ccnc2cc(CC)c(OC)cc12. The molecule has 2 rings (SSSR count). The minimum atomic E-state index is 0.858. The average Bonchev–Trinajstić information content (AvgIpc) is 2.68. The molecule has 0 fully saturated rings. The van der Waals surface area contributed by atoms with E-state index in [4.69, 9.17) is 4.74 Å². The molecule has 2 aromatic rings. The van der Waals surface area contributed by atoms with Crippen molar-refractivity contribution in [3.8, 4) is 5.75 Å². The Hall–Kier alpha value is -2.55. The first kappa shape index (κ1) is 19.8. The van der Waals surface area contributed by atoms with Gasteiger partial charge in [-0.25, -0.2) is 0 Å². The lowest BCUT2D eigenvalue weighted by atomic mass is 9.95. The Morgan fingerprint density at radius 2 is 1.96 bits per heavy atom. The van der Waals surface area contributed by atoms with Crippen LogP contribution >= 0.6 is 0 Å². The van der Waals surface area contributed by atoms with Gasteiger partial charge in [0.2, 0.25) is 0 Å². The van der Waals surface area contributed by atoms with Gasteiger partial charge in [0.15, 0.2) is 0 Å². The summed E-state index contributed by atoms with van der Waals surface area (Å²) < 4.78 is 5.59. The lowest BCUT2D eigenvalue weighted by molar-refractivity contribution is 0.411. The highest BCUT2D eigenvalue weighted by Crippen LogP contribution is 2.29. The molecule has 0 aliphatic rings. The van der Waals surface area contributed by atoms with Crippen LogP contribution in [0, 0.1) is 0 Å². The second-order valence-electron chi connectivity index (χ2n) is 6.44. The van der Waals surface area contributed by atoms with Crippen LogP contribution in [0.25, 0.3) is 10.9 Å². The molecule has 3 heteroatoms. The zero-order valence-electron chi connectivity index (χ0n) is 16.8. The molecular formula is C23H30N2O. The number of hydrogen-bond donors (Lipinski definition) is 1. The zero-order valence-corrected chi connectivity index (χ0v) is 16.8. The van der Waals surface area contributed by atoms with Gasteiger partial charge in [-0.3, -0.25) is 4.98 Å². The number of aryl methyl sites for hydroxylation is 1. The highest BCUT2D eigenvalue weighted by atomic mass is 16.5. The van der Waals surface area contributed by atoms with Crippen molar-refractivity contribution in [3.63, 3.8) is 0 Å². The van der Waals surface area contributed by atoms with Gasteiger partial charge in [0.1, 0.15) is 5.75 Å². The smallest absolute Gasteiger partial charge is 0.122 e. The molecule has 0 aliphatic heterocycles. The molecule has 0 saturated carbocycles. The van der Waals surface area contributed by atoms with E-state index in [1.165, 1.54) is 22.3 Å². The molecule has 3 nitrogen and oxygen atoms in total. The predicted octanol–water partition coefficient (Wildman–Crippen LogP) is 5.36. The molecule has 0 unspecified atom stereocenters. The maximum Gasteiger partial charge on any atom is 0.122 e. The van der Waals surface area contributed by atoms with E-state index in [1.807, 2.05) is 13.2 Å². The average molecular weight is 351 g/mol. The van der Waals surface area contributed by atoms with Gasteiger partial charge >= 0.3 is 0 Å². The Morgan fingerprint density at radius 3 is 2.58 bits per heavy atom. The summed E-state index contributed by atoms with van der Waals surface area (Å²) in [5.74, 6) is 0.938. The van der Waals surface area contributed by atoms with Crippen molar-refractivity contribution in [1.82, 2.24) is 10.3 Å². The molecule has 0 spiro atoms. The van der Waals surface area contributed by atoms with Gasteiger partial charge in [0, 0.05) is 24.3 Å². The molecular weight excluding hydrogens is 320 g/mol. The van der Waals surface area contributed by atoms with Crippen molar-refractivity contribution in [3.05, 3.63) is 70.6 Å². The first-order valence-electron chi connectivity index (χ1n) is 9.17. The van der Waals surface area contributed by atoms with Gasteiger partial charge in [-0.2, -0.15) is 0 Å². The number of rotatable bonds is 7. The fourth-order valence-electron chi connectivity index (χ4n) is 2.92. The number of aromatic nitrogens is 1. The minimum Gasteiger partial charge on any atom is -0.496 e. The van der Waals surface area contributed by atoms with Crippen LogP contribution < -0.4 is 10.1 Å². The molecule has 138 valence electrons. The summed E-state index contributed by atoms with van der Waals surface area (Å²) in [4.78, 5) is 4.57. The van der Waals surface area contributed by atoms with Crippen LogP contribution in [0.4, 0.5) is 0 Å². The van der Waals surface area contributed by atoms with Gasteiger partial charge in [-0.05, 0) is 74.6 Å². The lowest BCUT2D eigenvalue weighted by Gasteiger charge is -2.13. The zero-order chi connectivity index (χ0) is 19.1. The highest BCUT2D eigenvalue weighted by molar-refractivity contribution is 5.85. The summed E-state index contributed by atoms with van der Waals surface area (Å²) in [6, 6.07) is 6.39. The van der Waals surface area contributed by atoms with Crippen LogP contribution in [0.2, 0.25) is 0 Å². The van der Waals surface area contributed by atoms with Crippen LogP contribution in [0.3, 0.4) is 0 Å². The van der Waals surface area contributed by atoms with Crippen LogP contribution in [0.5, 0.6) is 5.75 Å². The second kappa shape index (κ2) is 9.23. The van der Waals surface area contributed by atoms with Crippen LogP contribution in [-0.4, -0.2) is 19.1 Å². The van der Waals surface area contributed by atoms with E-state index < -0.39 is 0 Å². The summed E-state index contributed by atoms with van der Waals surface area (Å²) in [7, 11) is 3.67. The van der Waals surface area contributed by atoms with Crippen molar-refractivity contribution in [2.24, 2.45) is 0 Å². The maximum atomic E-state index is 5.59. The van der Waals surface area contributed by atoms with Gasteiger partial charge < -0.3 is 10.1 Å². The number of allylic oxidation sites excluding steroid dienone is 6. The van der Waals surface area contributed by atoms with E-state index in [0.29, 0.717) is 0 Å². The fourth-order valence-corrected chi connectivity index (χ4v) is 2.92. The Morgan fingerprint density at radius 1 is 1.19 bits per heavy atom. The Kier molecular flexibility index (Phi) is 7.02. The van der Waals surface area contributed by atoms with Crippen LogP contribution in [-0.2, 0) is 12.8 Å². The number of nitrogens with zero attached hydrogens (tertiary/aromatic N) is 1. The van der Waals surface area contributed by atoms with Gasteiger partial charge in [0.25, 0.3) is 0 Å². The molecule has 0 saturated heterocycles. The summed E-state index contributed by atoms with van der Waals surface area (Å²) in [5, 5.41) is 4.33. The molecule has 1 heterocycles. The number of hydrogen-bond acceptors (Lipinski definition) is 3. The number of pyridine rings is 1. The molecule has 1 aromatic heterocycles. The number of methoxy groups -OCH3 is 1. The summed E-state index contributed by atoms with van der Waals surface area (Å²) in [6.45, 7) is 8.45. The van der Waals surface area contributed by atoms with E-state index in [2.05, 4.69) is 74.4 Å². The maximum absolute atomic E-state index is 5.59. The molecule has 0 atom stereocenters. The molecule has 0 radical (unpaired) electrons. The van der Waals surface area contributed by atoms with Crippen molar-refractivity contribution in [2.45, 2.75) is 40.5 Å². The predicted molar refractivity (Wildman–Crippen MR) is 112 cm³/mol. The number of ether oxygens (including phenoxy) is 1. The third kappa shape index (κ3) is 4.54. The van der Waals surface area contributed by atoms with E-state index in [-0.39, 0.29) is 0 Å². The Bertz CT molecular complexity index is 860. The molecule has 26 heavy (non-hydrogen) atoms. The lowest BCUT2D eigenvalue weighted by Crippen LogP contribution is -2.01. The number of nitrogens with one attached hydrogen (secondary N) is 1. The van der Waals surface area contributed by atoms with Crippen molar-refractivity contribution < 1.29 is 4.74 Å². The van der Waals surface area contributed by atoms with Gasteiger partial charge in [-0.1, -0.05) is 24.6 Å². The van der Waals surface area contributed by atoms with Crippen molar-refractivity contribution >= 4 is 10.9 Å². The third-order valence-corrected chi connectivity index (χ3v) is 4.86. The van der Waals surface area contributed by atoms with E-state index in [0.717, 1.165) is 35.2 Å². The first-order chi connectivity index (χ1) is 12.5. The van der Waals surface area contributed by atoms with E-state index >= 15 is 0 Å². The van der Waals surface area contributed by atoms with Gasteiger partial charge in [-0.15, -0.1) is 0 Å². The fraction of sp³-hybridized carbons (Fsp3) is 0.348. The van der Waals surface area contributed by atoms with E-state index in [9.17, 15) is 0 Å². The second-order valence-corrected chi connectivity index (χ2v) is 6.44. The van der Waals surface area contributed by atoms with Crippen LogP contribution in [0.15, 0.2) is 59.5 Å². The minimum absolute atomic E-state index is 0.858. The molecule has 0 aliphatic carbocycles. The highest BCUT2D eigenvalue weighted by Gasteiger charge is 2.10. The molecule has 0 bridgehead atoms. The number of benzene rings is 1. The third-order valence-electron chi connectivity index (χ3n) is 4.86. The molecule has 1 N–H and O–H groups in total. The first-order valence-corrected chi connectivity index (χ1v) is 9.17. The summed E-state index contributed by atoms with van der Waals surface area (Å²) >= 11 is 0.